The van der Waals surface area contributed by atoms with Crippen molar-refractivity contribution in [2.24, 2.45) is 0 Å². The van der Waals surface area contributed by atoms with E-state index in [1.54, 1.807) is 18.3 Å². The number of hydrogen-bond acceptors (Lipinski definition) is 4. The number of fused-ring (bicyclic) bond motifs is 1. The summed E-state index contributed by atoms with van der Waals surface area (Å²) in [6.45, 7) is 0. The van der Waals surface area contributed by atoms with Crippen LogP contribution >= 0.6 is 11.3 Å². The Morgan fingerprint density at radius 2 is 1.88 bits per heavy atom. The smallest absolute Gasteiger partial charge is 0.257 e. The Morgan fingerprint density at radius 3 is 2.71 bits per heavy atom. The lowest BCUT2D eigenvalue weighted by atomic mass is 10.1. The van der Waals surface area contributed by atoms with Crippen LogP contribution in [0.15, 0.2) is 48.0 Å². The van der Waals surface area contributed by atoms with Crippen molar-refractivity contribution >= 4 is 39.1 Å². The van der Waals surface area contributed by atoms with E-state index in [1.807, 2.05) is 29.6 Å². The van der Waals surface area contributed by atoms with Gasteiger partial charge >= 0.3 is 0 Å². The zero-order chi connectivity index (χ0) is 16.5. The average Bonchev–Trinajstić information content (AvgIpc) is 3.29. The normalized spacial score (nSPS) is 13.7. The molecule has 1 aromatic carbocycles. The number of rotatable bonds is 4. The van der Waals surface area contributed by atoms with Crippen LogP contribution in [0.3, 0.4) is 0 Å². The molecule has 1 aliphatic rings. The molecule has 120 valence electrons. The standard InChI is InChI=1S/C18H15N3O2S/c22-16(13-7-9-19-15-4-2-1-3-12(13)15)21-18-14(8-10-24-18)17(23)20-11-5-6-11/h1-4,7-11H,5-6H2,(H,20,23)(H,21,22). The van der Waals surface area contributed by atoms with Gasteiger partial charge in [-0.15, -0.1) is 11.3 Å². The molecule has 0 unspecified atom stereocenters. The highest BCUT2D eigenvalue weighted by atomic mass is 32.1. The molecule has 1 saturated carbocycles. The number of carbonyl (C=O) groups excluding carboxylic acids is 2. The van der Waals surface area contributed by atoms with Crippen molar-refractivity contribution in [2.75, 3.05) is 5.32 Å². The molecule has 1 fully saturated rings. The van der Waals surface area contributed by atoms with Crippen LogP contribution in [-0.2, 0) is 0 Å². The molecule has 0 spiro atoms. The third-order valence-electron chi connectivity index (χ3n) is 3.94. The second-order valence-electron chi connectivity index (χ2n) is 5.74. The maximum atomic E-state index is 12.7. The Bertz CT molecular complexity index is 925. The van der Waals surface area contributed by atoms with E-state index in [-0.39, 0.29) is 17.9 Å². The van der Waals surface area contributed by atoms with E-state index in [0.29, 0.717) is 16.1 Å². The number of nitrogens with one attached hydrogen (secondary N) is 2. The minimum absolute atomic E-state index is 0.131. The molecular formula is C18H15N3O2S. The minimum Gasteiger partial charge on any atom is -0.349 e. The van der Waals surface area contributed by atoms with E-state index in [2.05, 4.69) is 15.6 Å². The summed E-state index contributed by atoms with van der Waals surface area (Å²) in [6.07, 6.45) is 3.67. The summed E-state index contributed by atoms with van der Waals surface area (Å²) in [5, 5.41) is 8.98. The molecule has 4 rings (SSSR count). The van der Waals surface area contributed by atoms with Gasteiger partial charge in [-0.2, -0.15) is 0 Å². The summed E-state index contributed by atoms with van der Waals surface area (Å²) in [5.41, 5.74) is 1.82. The van der Waals surface area contributed by atoms with Gasteiger partial charge in [-0.25, -0.2) is 0 Å². The van der Waals surface area contributed by atoms with E-state index in [9.17, 15) is 9.59 Å². The summed E-state index contributed by atoms with van der Waals surface area (Å²) < 4.78 is 0. The van der Waals surface area contributed by atoms with Crippen LogP contribution in [0.25, 0.3) is 10.9 Å². The SMILES string of the molecule is O=C(NC1CC1)c1ccsc1NC(=O)c1ccnc2ccccc12. The molecule has 2 amide bonds. The molecule has 5 nitrogen and oxygen atoms in total. The number of amides is 2. The number of anilines is 1. The van der Waals surface area contributed by atoms with Gasteiger partial charge in [0.05, 0.1) is 16.6 Å². The summed E-state index contributed by atoms with van der Waals surface area (Å²) in [7, 11) is 0. The Hall–Kier alpha value is -2.73. The van der Waals surface area contributed by atoms with Crippen LogP contribution in [-0.4, -0.2) is 22.8 Å². The first-order chi connectivity index (χ1) is 11.7. The summed E-state index contributed by atoms with van der Waals surface area (Å²) >= 11 is 1.35. The molecule has 2 N–H and O–H groups in total. The van der Waals surface area contributed by atoms with Crippen molar-refractivity contribution in [1.29, 1.82) is 0 Å². The zero-order valence-electron chi connectivity index (χ0n) is 12.8. The number of nitrogens with zero attached hydrogens (tertiary/aromatic N) is 1. The third-order valence-corrected chi connectivity index (χ3v) is 4.77. The van der Waals surface area contributed by atoms with Gasteiger partial charge in [0.2, 0.25) is 0 Å². The monoisotopic (exact) mass is 337 g/mol. The molecule has 0 atom stereocenters. The van der Waals surface area contributed by atoms with Crippen LogP contribution in [0.4, 0.5) is 5.00 Å². The second-order valence-corrected chi connectivity index (χ2v) is 6.66. The quantitative estimate of drug-likeness (QED) is 0.766. The predicted molar refractivity (Wildman–Crippen MR) is 94.5 cm³/mol. The van der Waals surface area contributed by atoms with Crippen molar-refractivity contribution in [1.82, 2.24) is 10.3 Å². The van der Waals surface area contributed by atoms with E-state index >= 15 is 0 Å². The molecule has 0 radical (unpaired) electrons. The van der Waals surface area contributed by atoms with Gasteiger partial charge in [0.15, 0.2) is 0 Å². The van der Waals surface area contributed by atoms with E-state index < -0.39 is 0 Å². The van der Waals surface area contributed by atoms with E-state index in [0.717, 1.165) is 23.7 Å². The van der Waals surface area contributed by atoms with Crippen LogP contribution in [0, 0.1) is 0 Å². The predicted octanol–water partition coefficient (Wildman–Crippen LogP) is 3.44. The lowest BCUT2D eigenvalue weighted by Crippen LogP contribution is -2.26. The van der Waals surface area contributed by atoms with Gasteiger partial charge in [-0.1, -0.05) is 18.2 Å². The van der Waals surface area contributed by atoms with Crippen LogP contribution in [0.1, 0.15) is 33.6 Å². The van der Waals surface area contributed by atoms with Crippen molar-refractivity contribution in [3.05, 3.63) is 59.1 Å². The second kappa shape index (κ2) is 6.05. The number of thiophene rings is 1. The Morgan fingerprint density at radius 1 is 1.04 bits per heavy atom. The maximum absolute atomic E-state index is 12.7. The van der Waals surface area contributed by atoms with Crippen molar-refractivity contribution in [3.8, 4) is 0 Å². The van der Waals surface area contributed by atoms with Gasteiger partial charge in [-0.3, -0.25) is 14.6 Å². The molecular weight excluding hydrogens is 322 g/mol. The van der Waals surface area contributed by atoms with Gasteiger partial charge in [-0.05, 0) is 36.4 Å². The topological polar surface area (TPSA) is 71.1 Å². The van der Waals surface area contributed by atoms with Crippen LogP contribution in [0.5, 0.6) is 0 Å². The lowest BCUT2D eigenvalue weighted by molar-refractivity contribution is 0.0952. The first-order valence-corrected chi connectivity index (χ1v) is 8.64. The third kappa shape index (κ3) is 2.88. The van der Waals surface area contributed by atoms with Gasteiger partial charge in [0.25, 0.3) is 11.8 Å². The number of benzene rings is 1. The molecule has 0 saturated heterocycles. The number of pyridine rings is 1. The van der Waals surface area contributed by atoms with Crippen molar-refractivity contribution < 1.29 is 9.59 Å². The number of aromatic nitrogens is 1. The van der Waals surface area contributed by atoms with Crippen molar-refractivity contribution in [2.45, 2.75) is 18.9 Å². The molecule has 3 aromatic rings. The van der Waals surface area contributed by atoms with Crippen molar-refractivity contribution in [3.63, 3.8) is 0 Å². The highest BCUT2D eigenvalue weighted by Crippen LogP contribution is 2.27. The highest BCUT2D eigenvalue weighted by Gasteiger charge is 2.25. The van der Waals surface area contributed by atoms with Gasteiger partial charge in [0, 0.05) is 17.6 Å². The van der Waals surface area contributed by atoms with Gasteiger partial charge in [0.1, 0.15) is 5.00 Å². The zero-order valence-corrected chi connectivity index (χ0v) is 13.6. The Kier molecular flexibility index (Phi) is 3.74. The molecule has 0 bridgehead atoms. The average molecular weight is 337 g/mol. The largest absolute Gasteiger partial charge is 0.349 e. The number of carbonyl (C=O) groups is 2. The fourth-order valence-electron chi connectivity index (χ4n) is 2.54. The molecule has 6 heteroatoms. The summed E-state index contributed by atoms with van der Waals surface area (Å²) in [5.74, 6) is -0.370. The first-order valence-electron chi connectivity index (χ1n) is 7.76. The molecule has 24 heavy (non-hydrogen) atoms. The molecule has 1 aliphatic carbocycles. The Labute approximate surface area is 142 Å². The van der Waals surface area contributed by atoms with E-state index in [4.69, 9.17) is 0 Å². The number of para-hydroxylation sites is 1. The number of hydrogen-bond donors (Lipinski definition) is 2. The van der Waals surface area contributed by atoms with Crippen LogP contribution < -0.4 is 10.6 Å². The fourth-order valence-corrected chi connectivity index (χ4v) is 3.32. The molecule has 2 heterocycles. The Balaban J connectivity index is 1.60. The lowest BCUT2D eigenvalue weighted by Gasteiger charge is -2.08. The van der Waals surface area contributed by atoms with E-state index in [1.165, 1.54) is 11.3 Å². The highest BCUT2D eigenvalue weighted by molar-refractivity contribution is 7.14. The van der Waals surface area contributed by atoms with Gasteiger partial charge < -0.3 is 10.6 Å². The summed E-state index contributed by atoms with van der Waals surface area (Å²) in [4.78, 5) is 29.2. The molecule has 2 aromatic heterocycles. The maximum Gasteiger partial charge on any atom is 0.257 e. The van der Waals surface area contributed by atoms with Crippen LogP contribution in [0.2, 0.25) is 0 Å². The fraction of sp³-hybridized carbons (Fsp3) is 0.167. The summed E-state index contributed by atoms with van der Waals surface area (Å²) in [6, 6.07) is 11.2. The first kappa shape index (κ1) is 14.8. The minimum atomic E-state index is -0.239. The molecule has 0 aliphatic heterocycles.